The summed E-state index contributed by atoms with van der Waals surface area (Å²) in [6.07, 6.45) is -5.41. The Kier molecular flexibility index (Phi) is 7.98. The first-order chi connectivity index (χ1) is 14.3. The number of hydrogen-bond acceptors (Lipinski definition) is 5. The average molecular weight is 473 g/mol. The fourth-order valence-electron chi connectivity index (χ4n) is 3.46. The van der Waals surface area contributed by atoms with E-state index in [1.165, 1.54) is 29.0 Å². The van der Waals surface area contributed by atoms with Gasteiger partial charge in [0.15, 0.2) is 5.25 Å². The molecule has 0 saturated carbocycles. The summed E-state index contributed by atoms with van der Waals surface area (Å²) >= 11 is 0. The summed E-state index contributed by atoms with van der Waals surface area (Å²) in [5.41, 5.74) is 2.20. The molecule has 1 aliphatic rings. The molecule has 1 aromatic heterocycles. The highest BCUT2D eigenvalue weighted by atomic mass is 32.2. The molecule has 31 heavy (non-hydrogen) atoms. The molecular weight excluding hydrogens is 449 g/mol. The standard InChI is InChI=1S/C18H24F5N3O4S/c1-2-15(16(27)25-28)31(29,30)26-9-6-13(7-10-26)14-4-3-12(11-24-14)5-8-17(19,20)18(21,22)23/h3-4,11,13,15,28H,2,5-10H2,1H3,(H,25,27). The fourth-order valence-corrected chi connectivity index (χ4v) is 5.28. The maximum Gasteiger partial charge on any atom is 0.453 e. The molecule has 1 unspecified atom stereocenters. The second-order valence-electron chi connectivity index (χ2n) is 7.38. The van der Waals surface area contributed by atoms with Gasteiger partial charge < -0.3 is 0 Å². The topological polar surface area (TPSA) is 99.6 Å². The number of halogens is 5. The Morgan fingerprint density at radius 2 is 1.87 bits per heavy atom. The summed E-state index contributed by atoms with van der Waals surface area (Å²) in [6, 6.07) is 2.99. The highest BCUT2D eigenvalue weighted by Gasteiger charge is 2.56. The van der Waals surface area contributed by atoms with Crippen LogP contribution in [0.15, 0.2) is 18.3 Å². The van der Waals surface area contributed by atoms with Crippen LogP contribution in [0.2, 0.25) is 0 Å². The van der Waals surface area contributed by atoms with Gasteiger partial charge in [-0.25, -0.2) is 18.2 Å². The second-order valence-corrected chi connectivity index (χ2v) is 9.50. The molecule has 2 heterocycles. The van der Waals surface area contributed by atoms with Crippen molar-refractivity contribution in [2.45, 2.75) is 62.3 Å². The zero-order chi connectivity index (χ0) is 23.4. The van der Waals surface area contributed by atoms with Gasteiger partial charge >= 0.3 is 12.1 Å². The van der Waals surface area contributed by atoms with Gasteiger partial charge in [0.05, 0.1) is 0 Å². The van der Waals surface area contributed by atoms with Crippen molar-refractivity contribution in [3.05, 3.63) is 29.6 Å². The molecular formula is C18H24F5N3O4S. The van der Waals surface area contributed by atoms with Gasteiger partial charge in [0.25, 0.3) is 5.91 Å². The first-order valence-corrected chi connectivity index (χ1v) is 11.2. The van der Waals surface area contributed by atoms with Gasteiger partial charge in [-0.15, -0.1) is 0 Å². The Balaban J connectivity index is 1.97. The molecule has 0 aromatic carbocycles. The van der Waals surface area contributed by atoms with Gasteiger partial charge in [-0.2, -0.15) is 22.0 Å². The highest BCUT2D eigenvalue weighted by Crippen LogP contribution is 2.39. The quantitative estimate of drug-likeness (QED) is 0.344. The van der Waals surface area contributed by atoms with E-state index >= 15 is 0 Å². The fraction of sp³-hybridized carbons (Fsp3) is 0.667. The third kappa shape index (κ3) is 5.89. The van der Waals surface area contributed by atoms with Crippen molar-refractivity contribution in [1.29, 1.82) is 0 Å². The van der Waals surface area contributed by atoms with Crippen molar-refractivity contribution >= 4 is 15.9 Å². The number of pyridine rings is 1. The van der Waals surface area contributed by atoms with Crippen LogP contribution in [0.5, 0.6) is 0 Å². The molecule has 1 aromatic rings. The molecule has 0 bridgehead atoms. The summed E-state index contributed by atoms with van der Waals surface area (Å²) in [4.78, 5) is 15.8. The first-order valence-electron chi connectivity index (χ1n) is 9.65. The van der Waals surface area contributed by atoms with E-state index in [2.05, 4.69) is 4.98 Å². The summed E-state index contributed by atoms with van der Waals surface area (Å²) in [5, 5.41) is 7.34. The normalized spacial score (nSPS) is 18.0. The summed E-state index contributed by atoms with van der Waals surface area (Å²) in [5.74, 6) is -5.89. The number of rotatable bonds is 8. The van der Waals surface area contributed by atoms with E-state index < -0.39 is 46.1 Å². The molecule has 0 radical (unpaired) electrons. The largest absolute Gasteiger partial charge is 0.453 e. The van der Waals surface area contributed by atoms with Crippen LogP contribution in [-0.4, -0.2) is 59.3 Å². The van der Waals surface area contributed by atoms with Crippen LogP contribution >= 0.6 is 0 Å². The predicted molar refractivity (Wildman–Crippen MR) is 100 cm³/mol. The maximum absolute atomic E-state index is 13.0. The Bertz CT molecular complexity index is 854. The molecule has 0 spiro atoms. The minimum atomic E-state index is -5.59. The predicted octanol–water partition coefficient (Wildman–Crippen LogP) is 3.01. The van der Waals surface area contributed by atoms with Crippen LogP contribution in [0.3, 0.4) is 0 Å². The summed E-state index contributed by atoms with van der Waals surface area (Å²) in [6.45, 7) is 1.77. The third-order valence-electron chi connectivity index (χ3n) is 5.36. The van der Waals surface area contributed by atoms with E-state index in [-0.39, 0.29) is 31.0 Å². The minimum absolute atomic E-state index is 0.00887. The van der Waals surface area contributed by atoms with E-state index in [4.69, 9.17) is 5.21 Å². The van der Waals surface area contributed by atoms with Crippen molar-refractivity contribution in [2.24, 2.45) is 0 Å². The number of nitrogens with zero attached hydrogens (tertiary/aromatic N) is 2. The molecule has 1 saturated heterocycles. The van der Waals surface area contributed by atoms with E-state index in [1.807, 2.05) is 0 Å². The molecule has 1 atom stereocenters. The molecule has 1 amide bonds. The molecule has 0 aliphatic carbocycles. The number of hydroxylamine groups is 1. The van der Waals surface area contributed by atoms with Crippen LogP contribution in [0.1, 0.15) is 49.8 Å². The van der Waals surface area contributed by atoms with Gasteiger partial charge in [0.2, 0.25) is 10.0 Å². The Morgan fingerprint density at radius 1 is 1.26 bits per heavy atom. The number of piperidine rings is 1. The van der Waals surface area contributed by atoms with Crippen molar-refractivity contribution in [1.82, 2.24) is 14.8 Å². The number of aryl methyl sites for hydroxylation is 1. The van der Waals surface area contributed by atoms with Gasteiger partial charge in [-0.3, -0.25) is 15.0 Å². The zero-order valence-corrected chi connectivity index (χ0v) is 17.5. The Labute approximate surface area is 176 Å². The molecule has 1 aliphatic heterocycles. The molecule has 2 N–H and O–H groups in total. The third-order valence-corrected chi connectivity index (χ3v) is 7.71. The molecule has 1 fully saturated rings. The second kappa shape index (κ2) is 9.74. The van der Waals surface area contributed by atoms with Crippen molar-refractivity contribution in [2.75, 3.05) is 13.1 Å². The monoisotopic (exact) mass is 473 g/mol. The highest BCUT2D eigenvalue weighted by molar-refractivity contribution is 7.90. The van der Waals surface area contributed by atoms with Gasteiger partial charge in [0.1, 0.15) is 0 Å². The smallest absolute Gasteiger partial charge is 0.289 e. The molecule has 2 rings (SSSR count). The zero-order valence-electron chi connectivity index (χ0n) is 16.7. The minimum Gasteiger partial charge on any atom is -0.289 e. The number of aromatic nitrogens is 1. The SMILES string of the molecule is CCC(C(=O)NO)S(=O)(=O)N1CCC(c2ccc(CCC(F)(F)C(F)(F)F)cn2)CC1. The lowest BCUT2D eigenvalue weighted by molar-refractivity contribution is -0.284. The molecule has 7 nitrogen and oxygen atoms in total. The van der Waals surface area contributed by atoms with Crippen molar-refractivity contribution in [3.8, 4) is 0 Å². The van der Waals surface area contributed by atoms with Crippen molar-refractivity contribution in [3.63, 3.8) is 0 Å². The van der Waals surface area contributed by atoms with Crippen LogP contribution in [0.25, 0.3) is 0 Å². The number of hydrogen-bond donors (Lipinski definition) is 2. The number of nitrogens with one attached hydrogen (secondary N) is 1. The maximum atomic E-state index is 13.0. The number of alkyl halides is 5. The lowest BCUT2D eigenvalue weighted by Crippen LogP contribution is -2.48. The lowest BCUT2D eigenvalue weighted by Gasteiger charge is -2.32. The molecule has 13 heteroatoms. The van der Waals surface area contributed by atoms with Gasteiger partial charge in [0, 0.05) is 37.3 Å². The van der Waals surface area contributed by atoms with E-state index in [0.717, 1.165) is 0 Å². The van der Waals surface area contributed by atoms with Crippen LogP contribution in [-0.2, 0) is 21.2 Å². The Hall–Kier alpha value is -1.86. The van der Waals surface area contributed by atoms with E-state index in [9.17, 15) is 35.2 Å². The van der Waals surface area contributed by atoms with Crippen LogP contribution in [0, 0.1) is 0 Å². The van der Waals surface area contributed by atoms with Crippen LogP contribution < -0.4 is 5.48 Å². The lowest BCUT2D eigenvalue weighted by atomic mass is 9.93. The van der Waals surface area contributed by atoms with E-state index in [0.29, 0.717) is 18.5 Å². The number of sulfonamides is 1. The summed E-state index contributed by atoms with van der Waals surface area (Å²) in [7, 11) is -3.95. The van der Waals surface area contributed by atoms with Crippen molar-refractivity contribution < 1.29 is 40.4 Å². The van der Waals surface area contributed by atoms with Gasteiger partial charge in [-0.05, 0) is 37.3 Å². The van der Waals surface area contributed by atoms with Gasteiger partial charge in [-0.1, -0.05) is 13.0 Å². The first kappa shape index (κ1) is 25.4. The number of amides is 1. The Morgan fingerprint density at radius 3 is 2.32 bits per heavy atom. The van der Waals surface area contributed by atoms with Crippen LogP contribution in [0.4, 0.5) is 22.0 Å². The molecule has 176 valence electrons. The number of carbonyl (C=O) groups excluding carboxylic acids is 1. The number of carbonyl (C=O) groups is 1. The average Bonchev–Trinajstić information content (AvgIpc) is 2.72. The van der Waals surface area contributed by atoms with E-state index in [1.54, 1.807) is 6.07 Å². The summed E-state index contributed by atoms with van der Waals surface area (Å²) < 4.78 is 89.3.